The van der Waals surface area contributed by atoms with Crippen molar-refractivity contribution in [1.82, 2.24) is 24.5 Å². The lowest BCUT2D eigenvalue weighted by Gasteiger charge is -2.34. The predicted molar refractivity (Wildman–Crippen MR) is 166 cm³/mol. The van der Waals surface area contributed by atoms with E-state index in [0.29, 0.717) is 80.9 Å². The van der Waals surface area contributed by atoms with Crippen LogP contribution < -0.4 is 21.7 Å². The number of likely N-dealkylation sites (tertiary alicyclic amines) is 1. The summed E-state index contributed by atoms with van der Waals surface area (Å²) in [6.45, 7) is 1.91. The summed E-state index contributed by atoms with van der Waals surface area (Å²) in [6, 6.07) is 4.18. The molecular formula is C28H36BrFN8O5S. The molecule has 1 saturated carbocycles. The molecular weight excluding hydrogens is 659 g/mol. The van der Waals surface area contributed by atoms with Gasteiger partial charge in [0.2, 0.25) is 17.8 Å². The summed E-state index contributed by atoms with van der Waals surface area (Å²) >= 11 is 2.15. The quantitative estimate of drug-likeness (QED) is 0.229. The van der Waals surface area contributed by atoms with Crippen LogP contribution in [0.15, 0.2) is 28.9 Å². The van der Waals surface area contributed by atoms with Gasteiger partial charge in [0.15, 0.2) is 0 Å². The molecule has 1 aromatic heterocycles. The zero-order chi connectivity index (χ0) is 31.4. The standard InChI is InChI=1S/C28H36BrFN8O5S/c29-20-13-33-28(36-26(20)35-22-3-1-2-21(30)24(22)25(31)41)34-17-6-10-38(11-7-17)44(43)19-5-4-16(12-19)27(42)32-14-23(40)37-9-8-18(39)15-37/h1-3,13,16-19,39H,4-12,14-15H2,(H2,31,41)(H,32,42)(H2,33,34,35,36). The largest absolute Gasteiger partial charge is 0.598 e. The van der Waals surface area contributed by atoms with Gasteiger partial charge in [-0.2, -0.15) is 4.98 Å². The van der Waals surface area contributed by atoms with E-state index in [0.717, 1.165) is 6.07 Å². The van der Waals surface area contributed by atoms with Gasteiger partial charge in [-0.05, 0) is 60.2 Å². The molecule has 16 heteroatoms. The van der Waals surface area contributed by atoms with Crippen LogP contribution in [0.2, 0.25) is 0 Å². The number of anilines is 3. The van der Waals surface area contributed by atoms with E-state index in [-0.39, 0.29) is 46.8 Å². The van der Waals surface area contributed by atoms with Gasteiger partial charge >= 0.3 is 0 Å². The first-order chi connectivity index (χ1) is 21.1. The molecule has 1 aromatic carbocycles. The molecule has 2 aromatic rings. The summed E-state index contributed by atoms with van der Waals surface area (Å²) in [5.74, 6) is -1.63. The van der Waals surface area contributed by atoms with Crippen molar-refractivity contribution in [2.45, 2.75) is 55.9 Å². The Morgan fingerprint density at radius 3 is 2.64 bits per heavy atom. The molecule has 4 atom stereocenters. The van der Waals surface area contributed by atoms with E-state index in [4.69, 9.17) is 5.73 Å². The number of β-amino-alcohol motifs (C(OH)–C–C–N with tert-alkyl or cyclic N) is 1. The summed E-state index contributed by atoms with van der Waals surface area (Å²) in [7, 11) is 0. The van der Waals surface area contributed by atoms with E-state index >= 15 is 0 Å². The summed E-state index contributed by atoms with van der Waals surface area (Å²) < 4.78 is 30.0. The van der Waals surface area contributed by atoms with Crippen molar-refractivity contribution in [2.24, 2.45) is 11.7 Å². The number of amides is 3. The molecule has 3 aliphatic rings. The molecule has 3 amide bonds. The fraction of sp³-hybridized carbons (Fsp3) is 0.536. The zero-order valence-electron chi connectivity index (χ0n) is 24.0. The fourth-order valence-corrected chi connectivity index (χ4v) is 7.87. The first kappa shape index (κ1) is 32.3. The fourth-order valence-electron chi connectivity index (χ4n) is 5.85. The summed E-state index contributed by atoms with van der Waals surface area (Å²) in [6.07, 6.45) is 4.82. The van der Waals surface area contributed by atoms with E-state index in [1.807, 2.05) is 4.31 Å². The number of aromatic nitrogens is 2. The van der Waals surface area contributed by atoms with Crippen molar-refractivity contribution in [2.75, 3.05) is 43.4 Å². The van der Waals surface area contributed by atoms with Crippen LogP contribution in [0.5, 0.6) is 0 Å². The average molecular weight is 696 g/mol. The van der Waals surface area contributed by atoms with Crippen molar-refractivity contribution < 1.29 is 28.4 Å². The molecule has 5 rings (SSSR count). The smallest absolute Gasteiger partial charge is 0.253 e. The second-order valence-electron chi connectivity index (χ2n) is 11.3. The van der Waals surface area contributed by atoms with Gasteiger partial charge in [0.05, 0.1) is 28.4 Å². The topological polar surface area (TPSA) is 189 Å². The number of halogens is 2. The molecule has 2 aliphatic heterocycles. The first-order valence-electron chi connectivity index (χ1n) is 14.6. The lowest BCUT2D eigenvalue weighted by molar-refractivity contribution is -0.133. The Labute approximate surface area is 266 Å². The molecule has 44 heavy (non-hydrogen) atoms. The van der Waals surface area contributed by atoms with Crippen LogP contribution in [0.3, 0.4) is 0 Å². The Morgan fingerprint density at radius 1 is 1.16 bits per heavy atom. The van der Waals surface area contributed by atoms with Gasteiger partial charge in [0, 0.05) is 62.1 Å². The lowest BCUT2D eigenvalue weighted by atomic mass is 10.1. The van der Waals surface area contributed by atoms with Gasteiger partial charge in [-0.25, -0.2) is 9.37 Å². The number of aliphatic hydroxyl groups excluding tert-OH is 1. The maximum absolute atomic E-state index is 14.2. The maximum Gasteiger partial charge on any atom is 0.253 e. The first-order valence-corrected chi connectivity index (χ1v) is 16.6. The predicted octanol–water partition coefficient (Wildman–Crippen LogP) is 1.64. The minimum atomic E-state index is -1.23. The Hall–Kier alpha value is -3.05. The van der Waals surface area contributed by atoms with Crippen molar-refractivity contribution in [3.8, 4) is 0 Å². The molecule has 0 radical (unpaired) electrons. The number of carbonyl (C=O) groups is 3. The number of carbonyl (C=O) groups excluding carboxylic acids is 3. The number of primary amides is 1. The molecule has 2 saturated heterocycles. The number of aliphatic hydroxyl groups is 1. The van der Waals surface area contributed by atoms with Gasteiger partial charge in [0.25, 0.3) is 5.91 Å². The van der Waals surface area contributed by atoms with Gasteiger partial charge in [-0.1, -0.05) is 6.07 Å². The van der Waals surface area contributed by atoms with Gasteiger partial charge in [-0.15, -0.1) is 4.31 Å². The van der Waals surface area contributed by atoms with E-state index in [1.165, 1.54) is 12.1 Å². The van der Waals surface area contributed by atoms with Crippen LogP contribution in [-0.4, -0.2) is 96.7 Å². The lowest BCUT2D eigenvalue weighted by Crippen LogP contribution is -2.46. The Kier molecular flexibility index (Phi) is 10.6. The second-order valence-corrected chi connectivity index (χ2v) is 13.9. The van der Waals surface area contributed by atoms with Crippen LogP contribution in [0, 0.1) is 11.7 Å². The molecule has 238 valence electrons. The minimum absolute atomic E-state index is 0.0315. The average Bonchev–Trinajstić information content (AvgIpc) is 3.67. The van der Waals surface area contributed by atoms with Gasteiger partial charge in [-0.3, -0.25) is 14.4 Å². The number of benzene rings is 1. The van der Waals surface area contributed by atoms with E-state index in [9.17, 15) is 28.4 Å². The molecule has 6 N–H and O–H groups in total. The van der Waals surface area contributed by atoms with E-state index in [2.05, 4.69) is 41.8 Å². The van der Waals surface area contributed by atoms with Crippen molar-refractivity contribution in [3.05, 3.63) is 40.2 Å². The summed E-state index contributed by atoms with van der Waals surface area (Å²) in [4.78, 5) is 47.1. The Bertz CT molecular complexity index is 1380. The SMILES string of the molecule is NC(=O)c1c(F)cccc1Nc1nc(NC2CCN([S+]([O-])C3CCC(C(=O)NCC(=O)N4CCC(O)C4)C3)CC2)ncc1Br. The normalized spacial score (nSPS) is 23.4. The number of nitrogens with two attached hydrogens (primary N) is 1. The number of hydrogen-bond donors (Lipinski definition) is 5. The van der Waals surface area contributed by atoms with Crippen molar-refractivity contribution in [3.63, 3.8) is 0 Å². The number of hydrogen-bond acceptors (Lipinski definition) is 10. The highest BCUT2D eigenvalue weighted by Gasteiger charge is 2.41. The third-order valence-corrected chi connectivity index (χ3v) is 10.7. The molecule has 0 spiro atoms. The third kappa shape index (κ3) is 7.77. The van der Waals surface area contributed by atoms with Crippen LogP contribution in [0.1, 0.15) is 48.9 Å². The molecule has 3 fully saturated rings. The third-order valence-electron chi connectivity index (χ3n) is 8.27. The highest BCUT2D eigenvalue weighted by Crippen LogP contribution is 2.34. The highest BCUT2D eigenvalue weighted by atomic mass is 79.9. The van der Waals surface area contributed by atoms with Crippen LogP contribution in [0.25, 0.3) is 0 Å². The Morgan fingerprint density at radius 2 is 1.93 bits per heavy atom. The Balaban J connectivity index is 1.08. The molecule has 13 nitrogen and oxygen atoms in total. The van der Waals surface area contributed by atoms with Gasteiger partial charge < -0.3 is 36.2 Å². The number of piperidine rings is 1. The van der Waals surface area contributed by atoms with E-state index < -0.39 is 29.2 Å². The number of nitrogens with one attached hydrogen (secondary N) is 3. The van der Waals surface area contributed by atoms with Gasteiger partial charge in [0.1, 0.15) is 16.9 Å². The summed E-state index contributed by atoms with van der Waals surface area (Å²) in [5.41, 5.74) is 5.27. The molecule has 4 unspecified atom stereocenters. The monoisotopic (exact) mass is 694 g/mol. The maximum atomic E-state index is 14.2. The molecule has 1 aliphatic carbocycles. The second kappa shape index (κ2) is 14.4. The highest BCUT2D eigenvalue weighted by molar-refractivity contribution is 9.10. The van der Waals surface area contributed by atoms with Crippen LogP contribution in [0.4, 0.5) is 21.8 Å². The van der Waals surface area contributed by atoms with Crippen LogP contribution >= 0.6 is 15.9 Å². The summed E-state index contributed by atoms with van der Waals surface area (Å²) in [5, 5.41) is 18.5. The minimum Gasteiger partial charge on any atom is -0.598 e. The number of rotatable bonds is 10. The van der Waals surface area contributed by atoms with Crippen molar-refractivity contribution >= 4 is 62.5 Å². The van der Waals surface area contributed by atoms with Crippen LogP contribution in [-0.2, 0) is 21.0 Å². The number of nitrogens with zero attached hydrogens (tertiary/aromatic N) is 4. The molecule has 0 bridgehead atoms. The zero-order valence-corrected chi connectivity index (χ0v) is 26.4. The molecule has 3 heterocycles. The van der Waals surface area contributed by atoms with E-state index in [1.54, 1.807) is 11.1 Å². The van der Waals surface area contributed by atoms with Crippen molar-refractivity contribution in [1.29, 1.82) is 0 Å².